The maximum Gasteiger partial charge on any atom is 0.414 e. The summed E-state index contributed by atoms with van der Waals surface area (Å²) < 4.78 is 1.98. The summed E-state index contributed by atoms with van der Waals surface area (Å²) in [7, 11) is 0. The van der Waals surface area contributed by atoms with Crippen LogP contribution in [0.4, 0.5) is 0 Å². The van der Waals surface area contributed by atoms with Crippen molar-refractivity contribution in [3.05, 3.63) is 18.2 Å². The van der Waals surface area contributed by atoms with Crippen molar-refractivity contribution in [2.75, 3.05) is 13.1 Å². The van der Waals surface area contributed by atoms with E-state index in [1.165, 1.54) is 0 Å². The van der Waals surface area contributed by atoms with Crippen molar-refractivity contribution in [1.82, 2.24) is 14.5 Å². The molecule has 0 aliphatic carbocycles. The van der Waals surface area contributed by atoms with Gasteiger partial charge in [0, 0.05) is 24.9 Å². The van der Waals surface area contributed by atoms with Crippen molar-refractivity contribution < 1.29 is 24.6 Å². The molecule has 1 aromatic heterocycles. The summed E-state index contributed by atoms with van der Waals surface area (Å²) in [6, 6.07) is 0. The zero-order valence-electron chi connectivity index (χ0n) is 12.2. The van der Waals surface area contributed by atoms with Gasteiger partial charge in [-0.15, -0.1) is 0 Å². The Labute approximate surface area is 127 Å². The van der Waals surface area contributed by atoms with Gasteiger partial charge < -0.3 is 19.7 Å². The van der Waals surface area contributed by atoms with Gasteiger partial charge in [-0.3, -0.25) is 4.79 Å². The molecule has 8 heteroatoms. The van der Waals surface area contributed by atoms with Crippen LogP contribution in [0, 0.1) is 18.8 Å². The van der Waals surface area contributed by atoms with Gasteiger partial charge in [0.2, 0.25) is 5.91 Å². The van der Waals surface area contributed by atoms with Gasteiger partial charge in [0.25, 0.3) is 0 Å². The molecule has 2 heterocycles. The molecule has 22 heavy (non-hydrogen) atoms. The topological polar surface area (TPSA) is 113 Å². The number of carbonyl (C=O) groups is 3. The molecular weight excluding hydrogens is 290 g/mol. The molecular formula is C14H17N3O5. The first-order chi connectivity index (χ1) is 10.4. The van der Waals surface area contributed by atoms with E-state index in [1.54, 1.807) is 6.33 Å². The minimum Gasteiger partial charge on any atom is -0.473 e. The first-order valence-corrected chi connectivity index (χ1v) is 6.58. The lowest BCUT2D eigenvalue weighted by Crippen LogP contribution is -2.24. The minimum atomic E-state index is -1.82. The molecule has 1 saturated heterocycles. The number of hydrogen-bond donors (Lipinski definition) is 2. The number of amides is 1. The number of rotatable bonds is 2. The van der Waals surface area contributed by atoms with Gasteiger partial charge in [0.1, 0.15) is 0 Å². The smallest absolute Gasteiger partial charge is 0.414 e. The number of nitrogens with zero attached hydrogens (tertiary/aromatic N) is 3. The highest BCUT2D eigenvalue weighted by molar-refractivity contribution is 6.27. The number of carboxylic acid groups (broad SMARTS) is 2. The van der Waals surface area contributed by atoms with E-state index >= 15 is 0 Å². The van der Waals surface area contributed by atoms with Crippen LogP contribution in [0.1, 0.15) is 18.5 Å². The monoisotopic (exact) mass is 307 g/mol. The Kier molecular flexibility index (Phi) is 6.63. The lowest BCUT2D eigenvalue weighted by atomic mass is 10.4. The summed E-state index contributed by atoms with van der Waals surface area (Å²) in [6.45, 7) is 4.07. The molecule has 2 rings (SSSR count). The van der Waals surface area contributed by atoms with E-state index in [9.17, 15) is 4.79 Å². The summed E-state index contributed by atoms with van der Waals surface area (Å²) in [5.41, 5.74) is 1.10. The average molecular weight is 307 g/mol. The fourth-order valence-electron chi connectivity index (χ4n) is 1.72. The van der Waals surface area contributed by atoms with E-state index in [4.69, 9.17) is 19.8 Å². The van der Waals surface area contributed by atoms with Crippen LogP contribution in [0.2, 0.25) is 0 Å². The molecule has 1 aromatic rings. The standard InChI is InChI=1S/C12H15N3O.C2H2O4/c1-11-9-13-10-15(11)7-3-2-6-14-8-4-5-12(14)16;3-1(4)2(5)6/h9-10H,4-8H2,1H3;(H,3,4)(H,5,6). The highest BCUT2D eigenvalue weighted by Gasteiger charge is 2.18. The predicted octanol–water partition coefficient (Wildman–Crippen LogP) is -0.0271. The summed E-state index contributed by atoms with van der Waals surface area (Å²) in [5.74, 6) is 2.67. The molecule has 0 spiro atoms. The highest BCUT2D eigenvalue weighted by atomic mass is 16.4. The molecule has 0 atom stereocenters. The SMILES string of the molecule is Cc1cncn1CC#CCN1CCCC1=O.O=C(O)C(=O)O. The number of likely N-dealkylation sites (tertiary alicyclic amines) is 1. The van der Waals surface area contributed by atoms with Crippen molar-refractivity contribution in [3.8, 4) is 11.8 Å². The maximum atomic E-state index is 11.3. The zero-order chi connectivity index (χ0) is 16.5. The zero-order valence-corrected chi connectivity index (χ0v) is 12.2. The lowest BCUT2D eigenvalue weighted by Gasteiger charge is -2.09. The highest BCUT2D eigenvalue weighted by Crippen LogP contribution is 2.07. The van der Waals surface area contributed by atoms with Gasteiger partial charge in [-0.05, 0) is 13.3 Å². The number of aliphatic carboxylic acids is 2. The summed E-state index contributed by atoms with van der Waals surface area (Å²) in [5, 5.41) is 14.8. The van der Waals surface area contributed by atoms with Crippen LogP contribution >= 0.6 is 0 Å². The maximum absolute atomic E-state index is 11.3. The van der Waals surface area contributed by atoms with Gasteiger partial charge in [0.05, 0.1) is 19.4 Å². The number of aromatic nitrogens is 2. The average Bonchev–Trinajstić information content (AvgIpc) is 3.05. The largest absolute Gasteiger partial charge is 0.473 e. The van der Waals surface area contributed by atoms with E-state index in [0.29, 0.717) is 19.5 Å². The number of hydrogen-bond acceptors (Lipinski definition) is 4. The number of carboxylic acids is 2. The fraction of sp³-hybridized carbons (Fsp3) is 0.429. The van der Waals surface area contributed by atoms with Crippen molar-refractivity contribution in [2.24, 2.45) is 0 Å². The molecule has 1 aliphatic rings. The third kappa shape index (κ3) is 5.66. The molecule has 2 N–H and O–H groups in total. The summed E-state index contributed by atoms with van der Waals surface area (Å²) in [4.78, 5) is 35.3. The quantitative estimate of drug-likeness (QED) is 0.586. The third-order valence-corrected chi connectivity index (χ3v) is 2.92. The third-order valence-electron chi connectivity index (χ3n) is 2.92. The molecule has 0 aromatic carbocycles. The van der Waals surface area contributed by atoms with Gasteiger partial charge in [-0.2, -0.15) is 0 Å². The van der Waals surface area contributed by atoms with Crippen LogP contribution in [0.25, 0.3) is 0 Å². The van der Waals surface area contributed by atoms with E-state index in [0.717, 1.165) is 18.7 Å². The van der Waals surface area contributed by atoms with E-state index < -0.39 is 11.9 Å². The van der Waals surface area contributed by atoms with Gasteiger partial charge in [0.15, 0.2) is 0 Å². The Bertz CT molecular complexity index is 599. The number of carbonyl (C=O) groups excluding carboxylic acids is 1. The van der Waals surface area contributed by atoms with E-state index in [2.05, 4.69) is 16.8 Å². The molecule has 0 radical (unpaired) electrons. The second-order valence-corrected chi connectivity index (χ2v) is 4.55. The molecule has 0 bridgehead atoms. The van der Waals surface area contributed by atoms with Crippen molar-refractivity contribution in [1.29, 1.82) is 0 Å². The Hall–Kier alpha value is -2.82. The van der Waals surface area contributed by atoms with Crippen LogP contribution in [0.5, 0.6) is 0 Å². The molecule has 118 valence electrons. The van der Waals surface area contributed by atoms with Gasteiger partial charge in [-0.1, -0.05) is 11.8 Å². The molecule has 1 aliphatic heterocycles. The predicted molar refractivity (Wildman–Crippen MR) is 75.8 cm³/mol. The van der Waals surface area contributed by atoms with Crippen molar-refractivity contribution >= 4 is 17.8 Å². The van der Waals surface area contributed by atoms with Crippen LogP contribution in [-0.2, 0) is 20.9 Å². The van der Waals surface area contributed by atoms with Crippen LogP contribution < -0.4 is 0 Å². The van der Waals surface area contributed by atoms with Crippen LogP contribution in [-0.4, -0.2) is 55.6 Å². The van der Waals surface area contributed by atoms with Gasteiger partial charge in [-0.25, -0.2) is 14.6 Å². The summed E-state index contributed by atoms with van der Waals surface area (Å²) in [6.07, 6.45) is 5.24. The normalized spacial score (nSPS) is 13.0. The Morgan fingerprint density at radius 2 is 1.91 bits per heavy atom. The van der Waals surface area contributed by atoms with Crippen molar-refractivity contribution in [2.45, 2.75) is 26.3 Å². The Balaban J connectivity index is 0.000000346. The first-order valence-electron chi connectivity index (χ1n) is 6.58. The second-order valence-electron chi connectivity index (χ2n) is 4.55. The van der Waals surface area contributed by atoms with Crippen LogP contribution in [0.15, 0.2) is 12.5 Å². The number of imidazole rings is 1. The molecule has 1 fully saturated rings. The molecule has 8 nitrogen and oxygen atoms in total. The second kappa shape index (κ2) is 8.46. The minimum absolute atomic E-state index is 0.230. The van der Waals surface area contributed by atoms with Crippen LogP contribution in [0.3, 0.4) is 0 Å². The first kappa shape index (κ1) is 17.2. The molecule has 0 saturated carbocycles. The molecule has 1 amide bonds. The fourth-order valence-corrected chi connectivity index (χ4v) is 1.72. The van der Waals surface area contributed by atoms with E-state index in [1.807, 2.05) is 22.6 Å². The lowest BCUT2D eigenvalue weighted by molar-refractivity contribution is -0.159. The van der Waals surface area contributed by atoms with Gasteiger partial charge >= 0.3 is 11.9 Å². The summed E-state index contributed by atoms with van der Waals surface area (Å²) >= 11 is 0. The van der Waals surface area contributed by atoms with Crippen molar-refractivity contribution in [3.63, 3.8) is 0 Å². The number of aryl methyl sites for hydroxylation is 1. The molecule has 0 unspecified atom stereocenters. The Morgan fingerprint density at radius 3 is 2.36 bits per heavy atom. The Morgan fingerprint density at radius 1 is 1.27 bits per heavy atom. The van der Waals surface area contributed by atoms with E-state index in [-0.39, 0.29) is 5.91 Å².